The third-order valence-corrected chi connectivity index (χ3v) is 4.12. The number of nitrogens with zero attached hydrogens (tertiary/aromatic N) is 2. The van der Waals surface area contributed by atoms with E-state index in [1.165, 1.54) is 24.0 Å². The summed E-state index contributed by atoms with van der Waals surface area (Å²) in [4.78, 5) is 7.17. The number of ether oxygens (including phenoxy) is 1. The number of hydrogen-bond acceptors (Lipinski definition) is 4. The minimum absolute atomic E-state index is 0.396. The molecule has 4 nitrogen and oxygen atoms in total. The minimum Gasteiger partial charge on any atom is -0.383 e. The summed E-state index contributed by atoms with van der Waals surface area (Å²) in [5.41, 5.74) is 2.91. The first-order valence-electron chi connectivity index (χ1n) is 7.92. The normalized spacial score (nSPS) is 18.0. The van der Waals surface area contributed by atoms with Crippen LogP contribution < -0.4 is 10.2 Å². The van der Waals surface area contributed by atoms with Gasteiger partial charge in [0.25, 0.3) is 0 Å². The third kappa shape index (κ3) is 4.68. The number of aromatic nitrogens is 1. The molecule has 2 rings (SSSR count). The van der Waals surface area contributed by atoms with Gasteiger partial charge >= 0.3 is 0 Å². The quantitative estimate of drug-likeness (QED) is 0.818. The lowest BCUT2D eigenvalue weighted by Crippen LogP contribution is -2.40. The summed E-state index contributed by atoms with van der Waals surface area (Å²) in [7, 11) is 1.72. The van der Waals surface area contributed by atoms with E-state index >= 15 is 0 Å². The summed E-state index contributed by atoms with van der Waals surface area (Å²) < 4.78 is 5.04. The van der Waals surface area contributed by atoms with Crippen LogP contribution in [-0.2, 0) is 11.3 Å². The average molecular weight is 291 g/mol. The van der Waals surface area contributed by atoms with E-state index in [4.69, 9.17) is 9.72 Å². The summed E-state index contributed by atoms with van der Waals surface area (Å²) in [6.07, 6.45) is 4.57. The van der Waals surface area contributed by atoms with Gasteiger partial charge in [-0.05, 0) is 42.4 Å². The third-order valence-electron chi connectivity index (χ3n) is 4.12. The first-order chi connectivity index (χ1) is 10.0. The van der Waals surface area contributed by atoms with Crippen LogP contribution in [0.15, 0.2) is 12.3 Å². The molecule has 1 aromatic rings. The summed E-state index contributed by atoms with van der Waals surface area (Å²) in [6, 6.07) is 2.25. The van der Waals surface area contributed by atoms with Crippen molar-refractivity contribution in [3.63, 3.8) is 0 Å². The highest BCUT2D eigenvalue weighted by Crippen LogP contribution is 2.32. The van der Waals surface area contributed by atoms with Crippen molar-refractivity contribution >= 4 is 5.82 Å². The van der Waals surface area contributed by atoms with Crippen LogP contribution in [0.1, 0.15) is 37.8 Å². The fourth-order valence-corrected chi connectivity index (χ4v) is 3.06. The second-order valence-corrected chi connectivity index (χ2v) is 6.84. The number of hydrogen-bond donors (Lipinski definition) is 1. The maximum atomic E-state index is 5.04. The molecule has 0 aromatic carbocycles. The summed E-state index contributed by atoms with van der Waals surface area (Å²) in [5.74, 6) is 1.16. The number of pyridine rings is 1. The predicted molar refractivity (Wildman–Crippen MR) is 87.8 cm³/mol. The molecule has 1 saturated heterocycles. The second-order valence-electron chi connectivity index (χ2n) is 6.84. The second kappa shape index (κ2) is 7.23. The van der Waals surface area contributed by atoms with E-state index in [-0.39, 0.29) is 0 Å². The fourth-order valence-electron chi connectivity index (χ4n) is 3.06. The Morgan fingerprint density at radius 2 is 2.24 bits per heavy atom. The highest BCUT2D eigenvalue weighted by atomic mass is 16.5. The number of nitrogens with one attached hydrogen (secondary N) is 1. The zero-order valence-corrected chi connectivity index (χ0v) is 13.9. The molecular formula is C17H29N3O. The first-order valence-corrected chi connectivity index (χ1v) is 7.92. The van der Waals surface area contributed by atoms with E-state index < -0.39 is 0 Å². The molecule has 4 heteroatoms. The van der Waals surface area contributed by atoms with Crippen molar-refractivity contribution in [2.45, 2.75) is 40.2 Å². The maximum Gasteiger partial charge on any atom is 0.131 e. The van der Waals surface area contributed by atoms with Crippen LogP contribution in [0.4, 0.5) is 5.82 Å². The molecule has 0 radical (unpaired) electrons. The van der Waals surface area contributed by atoms with Gasteiger partial charge in [0.2, 0.25) is 0 Å². The molecule has 1 aromatic heterocycles. The molecule has 0 aliphatic carbocycles. The molecule has 2 heterocycles. The largest absolute Gasteiger partial charge is 0.383 e. The number of rotatable bonds is 6. The minimum atomic E-state index is 0.396. The number of piperidine rings is 1. The van der Waals surface area contributed by atoms with Gasteiger partial charge in [-0.15, -0.1) is 0 Å². The standard InChI is InChI=1S/C17H29N3O/c1-14-10-15(11-18-7-9-21-4)12-19-16(14)20-8-5-6-17(2,3)13-20/h10,12,18H,5-9,11,13H2,1-4H3. The fraction of sp³-hybridized carbons (Fsp3) is 0.706. The molecular weight excluding hydrogens is 262 g/mol. The Hall–Kier alpha value is -1.13. The van der Waals surface area contributed by atoms with Gasteiger partial charge in [0.1, 0.15) is 5.82 Å². The first kappa shape index (κ1) is 16.2. The number of methoxy groups -OCH3 is 1. The molecule has 0 saturated carbocycles. The molecule has 0 bridgehead atoms. The highest BCUT2D eigenvalue weighted by Gasteiger charge is 2.27. The zero-order chi connectivity index (χ0) is 15.3. The lowest BCUT2D eigenvalue weighted by molar-refractivity contribution is 0.199. The van der Waals surface area contributed by atoms with Gasteiger partial charge < -0.3 is 15.0 Å². The number of aryl methyl sites for hydroxylation is 1. The maximum absolute atomic E-state index is 5.04. The van der Waals surface area contributed by atoms with Gasteiger partial charge in [0.15, 0.2) is 0 Å². The van der Waals surface area contributed by atoms with Crippen LogP contribution in [0.3, 0.4) is 0 Å². The summed E-state index contributed by atoms with van der Waals surface area (Å²) in [6.45, 7) is 11.6. The van der Waals surface area contributed by atoms with Gasteiger partial charge in [0.05, 0.1) is 6.61 Å². The van der Waals surface area contributed by atoms with Gasteiger partial charge in [-0.25, -0.2) is 4.98 Å². The lowest BCUT2D eigenvalue weighted by atomic mass is 9.84. The van der Waals surface area contributed by atoms with E-state index in [9.17, 15) is 0 Å². The van der Waals surface area contributed by atoms with Crippen molar-refractivity contribution in [1.29, 1.82) is 0 Å². The van der Waals surface area contributed by atoms with Gasteiger partial charge in [-0.3, -0.25) is 0 Å². The van der Waals surface area contributed by atoms with Gasteiger partial charge in [-0.1, -0.05) is 13.8 Å². The molecule has 1 fully saturated rings. The van der Waals surface area contributed by atoms with Crippen molar-refractivity contribution in [3.05, 3.63) is 23.4 Å². The molecule has 21 heavy (non-hydrogen) atoms. The highest BCUT2D eigenvalue weighted by molar-refractivity contribution is 5.48. The van der Waals surface area contributed by atoms with Crippen molar-refractivity contribution in [3.8, 4) is 0 Å². The molecule has 1 N–H and O–H groups in total. The van der Waals surface area contributed by atoms with Crippen molar-refractivity contribution in [2.75, 3.05) is 38.3 Å². The monoisotopic (exact) mass is 291 g/mol. The summed E-state index contributed by atoms with van der Waals surface area (Å²) in [5, 5.41) is 3.36. The van der Waals surface area contributed by atoms with Crippen LogP contribution in [0, 0.1) is 12.3 Å². The number of anilines is 1. The Morgan fingerprint density at radius 1 is 1.43 bits per heavy atom. The van der Waals surface area contributed by atoms with Crippen molar-refractivity contribution < 1.29 is 4.74 Å². The van der Waals surface area contributed by atoms with Crippen molar-refractivity contribution in [1.82, 2.24) is 10.3 Å². The molecule has 1 aliphatic rings. The summed E-state index contributed by atoms with van der Waals surface area (Å²) >= 11 is 0. The Balaban J connectivity index is 1.98. The van der Waals surface area contributed by atoms with Gasteiger partial charge in [-0.2, -0.15) is 0 Å². The molecule has 1 aliphatic heterocycles. The predicted octanol–water partition coefficient (Wildman–Crippen LogP) is 2.75. The van der Waals surface area contributed by atoms with Crippen LogP contribution in [0.2, 0.25) is 0 Å². The molecule has 0 unspecified atom stereocenters. The molecule has 0 atom stereocenters. The lowest BCUT2D eigenvalue weighted by Gasteiger charge is -2.39. The smallest absolute Gasteiger partial charge is 0.131 e. The van der Waals surface area contributed by atoms with Crippen LogP contribution in [0.25, 0.3) is 0 Å². The molecule has 0 spiro atoms. The van der Waals surface area contributed by atoms with E-state index in [1.807, 2.05) is 6.20 Å². The van der Waals surface area contributed by atoms with Crippen LogP contribution in [-0.4, -0.2) is 38.3 Å². The Kier molecular flexibility index (Phi) is 5.59. The van der Waals surface area contributed by atoms with Crippen LogP contribution >= 0.6 is 0 Å². The Morgan fingerprint density at radius 3 is 2.90 bits per heavy atom. The Labute approximate surface area is 128 Å². The topological polar surface area (TPSA) is 37.4 Å². The molecule has 0 amide bonds. The molecule has 118 valence electrons. The van der Waals surface area contributed by atoms with E-state index in [2.05, 4.69) is 37.1 Å². The van der Waals surface area contributed by atoms with E-state index in [0.29, 0.717) is 5.41 Å². The van der Waals surface area contributed by atoms with Crippen LogP contribution in [0.5, 0.6) is 0 Å². The zero-order valence-electron chi connectivity index (χ0n) is 13.9. The SMILES string of the molecule is COCCNCc1cnc(N2CCCC(C)(C)C2)c(C)c1. The average Bonchev–Trinajstić information content (AvgIpc) is 2.42. The Bertz CT molecular complexity index is 459. The van der Waals surface area contributed by atoms with E-state index in [1.54, 1.807) is 7.11 Å². The van der Waals surface area contributed by atoms with Gasteiger partial charge in [0, 0.05) is 39.5 Å². The van der Waals surface area contributed by atoms with E-state index in [0.717, 1.165) is 38.6 Å². The van der Waals surface area contributed by atoms with Crippen molar-refractivity contribution in [2.24, 2.45) is 5.41 Å².